The van der Waals surface area contributed by atoms with Crippen molar-refractivity contribution >= 4 is 22.5 Å². The van der Waals surface area contributed by atoms with Gasteiger partial charge in [0.2, 0.25) is 0 Å². The highest BCUT2D eigenvalue weighted by atomic mass is 32.1. The highest BCUT2D eigenvalue weighted by Gasteiger charge is 2.07. The molecule has 2 amide bonds. The van der Waals surface area contributed by atoms with Crippen molar-refractivity contribution in [2.24, 2.45) is 0 Å². The number of hydrogen-bond donors (Lipinski definition) is 2. The topological polar surface area (TPSA) is 70.4 Å². The normalized spacial score (nSPS) is 10.3. The molecule has 2 N–H and O–H groups in total. The van der Waals surface area contributed by atoms with Crippen LogP contribution in [0.3, 0.4) is 0 Å². The summed E-state index contributed by atoms with van der Waals surface area (Å²) in [4.78, 5) is 18.0. The minimum atomic E-state index is -0.218. The Balaban J connectivity index is 1.76. The number of rotatable bonds is 5. The van der Waals surface area contributed by atoms with Crippen molar-refractivity contribution in [1.82, 2.24) is 15.6 Å². The van der Waals surface area contributed by atoms with E-state index in [-0.39, 0.29) is 6.03 Å². The third-order valence-electron chi connectivity index (χ3n) is 2.76. The standard InChI is InChI=1S/C13H18N4O2S/c1-9-10(4-5-19-9)6-14-12(18)15-7-11-8-20-13(16-11)17(2)3/h4-5,8H,6-7H2,1-3H3,(H2,14,15,18). The Hall–Kier alpha value is -2.02. The fourth-order valence-corrected chi connectivity index (χ4v) is 2.34. The van der Waals surface area contributed by atoms with Gasteiger partial charge in [-0.3, -0.25) is 0 Å². The zero-order valence-corrected chi connectivity index (χ0v) is 12.6. The van der Waals surface area contributed by atoms with Gasteiger partial charge >= 0.3 is 6.03 Å². The van der Waals surface area contributed by atoms with Gasteiger partial charge in [-0.2, -0.15) is 0 Å². The lowest BCUT2D eigenvalue weighted by Gasteiger charge is -2.07. The van der Waals surface area contributed by atoms with Gasteiger partial charge < -0.3 is 20.0 Å². The number of amides is 2. The summed E-state index contributed by atoms with van der Waals surface area (Å²) in [5.74, 6) is 0.820. The number of anilines is 1. The van der Waals surface area contributed by atoms with Crippen LogP contribution in [0.5, 0.6) is 0 Å². The number of aryl methyl sites for hydroxylation is 1. The van der Waals surface area contributed by atoms with Gasteiger partial charge in [-0.1, -0.05) is 0 Å². The minimum Gasteiger partial charge on any atom is -0.469 e. The maximum absolute atomic E-state index is 11.7. The van der Waals surface area contributed by atoms with Crippen LogP contribution in [0.4, 0.5) is 9.93 Å². The zero-order chi connectivity index (χ0) is 14.5. The Labute approximate surface area is 121 Å². The number of nitrogens with one attached hydrogen (secondary N) is 2. The summed E-state index contributed by atoms with van der Waals surface area (Å²) in [7, 11) is 3.88. The van der Waals surface area contributed by atoms with E-state index in [2.05, 4.69) is 15.6 Å². The lowest BCUT2D eigenvalue weighted by atomic mass is 10.2. The van der Waals surface area contributed by atoms with Crippen molar-refractivity contribution in [2.75, 3.05) is 19.0 Å². The number of carbonyl (C=O) groups excluding carboxylic acids is 1. The molecule has 0 radical (unpaired) electrons. The van der Waals surface area contributed by atoms with Gasteiger partial charge in [-0.25, -0.2) is 9.78 Å². The van der Waals surface area contributed by atoms with Crippen molar-refractivity contribution in [3.8, 4) is 0 Å². The van der Waals surface area contributed by atoms with Crippen LogP contribution >= 0.6 is 11.3 Å². The maximum Gasteiger partial charge on any atom is 0.315 e. The predicted octanol–water partition coefficient (Wildman–Crippen LogP) is 2.11. The molecule has 2 aromatic rings. The average molecular weight is 294 g/mol. The molecule has 0 atom stereocenters. The smallest absolute Gasteiger partial charge is 0.315 e. The second-order valence-corrected chi connectivity index (χ2v) is 5.39. The summed E-state index contributed by atoms with van der Waals surface area (Å²) < 4.78 is 5.17. The molecule has 0 aliphatic heterocycles. The van der Waals surface area contributed by atoms with E-state index in [4.69, 9.17) is 4.42 Å². The number of urea groups is 1. The van der Waals surface area contributed by atoms with E-state index in [1.807, 2.05) is 37.4 Å². The molecule has 0 aromatic carbocycles. The highest BCUT2D eigenvalue weighted by Crippen LogP contribution is 2.17. The number of aromatic nitrogens is 1. The molecule has 2 aromatic heterocycles. The van der Waals surface area contributed by atoms with Gasteiger partial charge in [0.05, 0.1) is 18.5 Å². The average Bonchev–Trinajstić information content (AvgIpc) is 3.03. The first-order chi connectivity index (χ1) is 9.56. The molecule has 0 aliphatic carbocycles. The summed E-state index contributed by atoms with van der Waals surface area (Å²) in [5.41, 5.74) is 1.83. The molecular weight excluding hydrogens is 276 g/mol. The lowest BCUT2D eigenvalue weighted by Crippen LogP contribution is -2.34. The molecule has 0 unspecified atom stereocenters. The molecule has 0 saturated heterocycles. The monoisotopic (exact) mass is 294 g/mol. The second kappa shape index (κ2) is 6.42. The van der Waals surface area contributed by atoms with Crippen LogP contribution in [-0.4, -0.2) is 25.1 Å². The van der Waals surface area contributed by atoms with Gasteiger partial charge in [0, 0.05) is 31.6 Å². The molecule has 0 bridgehead atoms. The Morgan fingerprint density at radius 1 is 1.40 bits per heavy atom. The van der Waals surface area contributed by atoms with E-state index in [0.29, 0.717) is 13.1 Å². The lowest BCUT2D eigenvalue weighted by molar-refractivity contribution is 0.240. The van der Waals surface area contributed by atoms with E-state index in [1.165, 1.54) is 0 Å². The molecule has 0 aliphatic rings. The first-order valence-corrected chi connectivity index (χ1v) is 7.10. The number of furan rings is 1. The Kier molecular flexibility index (Phi) is 4.62. The van der Waals surface area contributed by atoms with Crippen LogP contribution in [0, 0.1) is 6.92 Å². The van der Waals surface area contributed by atoms with Crippen LogP contribution in [-0.2, 0) is 13.1 Å². The van der Waals surface area contributed by atoms with Crippen LogP contribution in [0.25, 0.3) is 0 Å². The fourth-order valence-electron chi connectivity index (χ4n) is 1.59. The van der Waals surface area contributed by atoms with E-state index >= 15 is 0 Å². The van der Waals surface area contributed by atoms with Crippen molar-refractivity contribution < 1.29 is 9.21 Å². The van der Waals surface area contributed by atoms with Crippen molar-refractivity contribution in [3.63, 3.8) is 0 Å². The number of thiazole rings is 1. The molecule has 6 nitrogen and oxygen atoms in total. The summed E-state index contributed by atoms with van der Waals surface area (Å²) >= 11 is 1.55. The molecule has 0 saturated carbocycles. The Morgan fingerprint density at radius 2 is 2.15 bits per heavy atom. The van der Waals surface area contributed by atoms with Gasteiger partial charge in [0.25, 0.3) is 0 Å². The van der Waals surface area contributed by atoms with Crippen LogP contribution in [0.1, 0.15) is 17.0 Å². The van der Waals surface area contributed by atoms with E-state index in [0.717, 1.165) is 22.1 Å². The van der Waals surface area contributed by atoms with E-state index in [9.17, 15) is 4.79 Å². The molecule has 0 fully saturated rings. The Bertz CT molecular complexity index is 576. The summed E-state index contributed by atoms with van der Waals surface area (Å²) in [6.07, 6.45) is 1.61. The minimum absolute atomic E-state index is 0.218. The van der Waals surface area contributed by atoms with E-state index in [1.54, 1.807) is 17.6 Å². The highest BCUT2D eigenvalue weighted by molar-refractivity contribution is 7.13. The summed E-state index contributed by atoms with van der Waals surface area (Å²) in [6, 6.07) is 1.63. The molecule has 20 heavy (non-hydrogen) atoms. The number of nitrogens with zero attached hydrogens (tertiary/aromatic N) is 2. The van der Waals surface area contributed by atoms with Crippen LogP contribution in [0.15, 0.2) is 22.1 Å². The summed E-state index contributed by atoms with van der Waals surface area (Å²) in [6.45, 7) is 2.74. The number of carbonyl (C=O) groups is 1. The van der Waals surface area contributed by atoms with Crippen molar-refractivity contribution in [2.45, 2.75) is 20.0 Å². The first-order valence-electron chi connectivity index (χ1n) is 6.22. The fraction of sp³-hybridized carbons (Fsp3) is 0.385. The maximum atomic E-state index is 11.7. The number of hydrogen-bond acceptors (Lipinski definition) is 5. The molecule has 0 spiro atoms. The molecule has 2 rings (SSSR count). The van der Waals surface area contributed by atoms with Gasteiger partial charge in [-0.05, 0) is 13.0 Å². The van der Waals surface area contributed by atoms with Gasteiger partial charge in [0.15, 0.2) is 5.13 Å². The molecule has 2 heterocycles. The first kappa shape index (κ1) is 14.4. The summed E-state index contributed by atoms with van der Waals surface area (Å²) in [5, 5.41) is 8.43. The van der Waals surface area contributed by atoms with E-state index < -0.39 is 0 Å². The molecule has 7 heteroatoms. The quantitative estimate of drug-likeness (QED) is 0.886. The third-order valence-corrected chi connectivity index (χ3v) is 3.82. The van der Waals surface area contributed by atoms with Crippen LogP contribution < -0.4 is 15.5 Å². The van der Waals surface area contributed by atoms with Crippen LogP contribution in [0.2, 0.25) is 0 Å². The zero-order valence-electron chi connectivity index (χ0n) is 11.8. The predicted molar refractivity (Wildman–Crippen MR) is 79.0 cm³/mol. The largest absolute Gasteiger partial charge is 0.469 e. The van der Waals surface area contributed by atoms with Crippen molar-refractivity contribution in [1.29, 1.82) is 0 Å². The van der Waals surface area contributed by atoms with Crippen molar-refractivity contribution in [3.05, 3.63) is 34.7 Å². The van der Waals surface area contributed by atoms with Gasteiger partial charge in [-0.15, -0.1) is 11.3 Å². The van der Waals surface area contributed by atoms with Gasteiger partial charge in [0.1, 0.15) is 5.76 Å². The second-order valence-electron chi connectivity index (χ2n) is 4.55. The molecular formula is C13H18N4O2S. The SMILES string of the molecule is Cc1occc1CNC(=O)NCc1csc(N(C)C)n1. The third kappa shape index (κ3) is 3.74. The Morgan fingerprint density at radius 3 is 2.75 bits per heavy atom. The molecule has 108 valence electrons.